The fraction of sp³-hybridized carbons (Fsp3) is 0.222. The normalized spacial score (nSPS) is 10.5. The quantitative estimate of drug-likeness (QED) is 0.881. The minimum Gasteiger partial charge on any atom is -0.339 e. The van der Waals surface area contributed by atoms with Crippen molar-refractivity contribution < 1.29 is 0 Å². The zero-order valence-corrected chi connectivity index (χ0v) is 10.5. The number of halogens is 1. The molecule has 0 aliphatic heterocycles. The summed E-state index contributed by atoms with van der Waals surface area (Å²) in [4.78, 5) is 15.8. The van der Waals surface area contributed by atoms with Gasteiger partial charge >= 0.3 is 0 Å². The molecule has 2 rings (SSSR count). The number of rotatable bonds is 3. The summed E-state index contributed by atoms with van der Waals surface area (Å²) in [6.07, 6.45) is 4.34. The van der Waals surface area contributed by atoms with Crippen molar-refractivity contribution in [2.24, 2.45) is 0 Å². The van der Waals surface area contributed by atoms with Crippen molar-refractivity contribution in [1.29, 1.82) is 0 Å². The Morgan fingerprint density at radius 1 is 1.47 bits per heavy atom. The monoisotopic (exact) mass is 284 g/mol. The first kappa shape index (κ1) is 10.6. The Bertz CT molecular complexity index is 443. The van der Waals surface area contributed by atoms with E-state index in [0.29, 0.717) is 0 Å². The number of imidazole rings is 1. The number of aromatic nitrogens is 4. The molecule has 0 aromatic carbocycles. The van der Waals surface area contributed by atoms with Crippen LogP contribution in [0.25, 0.3) is 0 Å². The van der Waals surface area contributed by atoms with Gasteiger partial charge in [-0.1, -0.05) is 6.92 Å². The summed E-state index contributed by atoms with van der Waals surface area (Å²) >= 11 is 4.85. The summed E-state index contributed by atoms with van der Waals surface area (Å²) in [6.45, 7) is 2.03. The van der Waals surface area contributed by atoms with Crippen molar-refractivity contribution in [3.63, 3.8) is 0 Å². The third-order valence-electron chi connectivity index (χ3n) is 1.71. The Balaban J connectivity index is 2.24. The van der Waals surface area contributed by atoms with Gasteiger partial charge in [-0.05, 0) is 27.7 Å². The highest BCUT2D eigenvalue weighted by Crippen LogP contribution is 2.24. The highest BCUT2D eigenvalue weighted by molar-refractivity contribution is 9.10. The number of nitrogens with one attached hydrogen (secondary N) is 1. The molecule has 2 aromatic rings. The van der Waals surface area contributed by atoms with Gasteiger partial charge in [-0.15, -0.1) is 0 Å². The van der Waals surface area contributed by atoms with Crippen molar-refractivity contribution >= 4 is 27.7 Å². The van der Waals surface area contributed by atoms with E-state index in [1.54, 1.807) is 12.4 Å². The average molecular weight is 285 g/mol. The predicted octanol–water partition coefficient (Wildman–Crippen LogP) is 2.68. The van der Waals surface area contributed by atoms with E-state index < -0.39 is 0 Å². The van der Waals surface area contributed by atoms with Gasteiger partial charge in [0.15, 0.2) is 5.16 Å². The van der Waals surface area contributed by atoms with Gasteiger partial charge in [-0.2, -0.15) is 0 Å². The molecule has 0 bridgehead atoms. The third kappa shape index (κ3) is 2.79. The molecule has 0 saturated heterocycles. The molecule has 0 aliphatic rings. The second kappa shape index (κ2) is 4.76. The van der Waals surface area contributed by atoms with Crippen LogP contribution in [0.3, 0.4) is 0 Å². The fourth-order valence-electron chi connectivity index (χ4n) is 1.06. The van der Waals surface area contributed by atoms with Crippen LogP contribution in [-0.4, -0.2) is 19.9 Å². The van der Waals surface area contributed by atoms with E-state index in [-0.39, 0.29) is 0 Å². The number of H-pyrrole nitrogens is 1. The SMILES string of the molecule is CCc1nc(Br)cc(Sc2ncc[nH]2)n1. The Hall–Kier alpha value is -0.880. The fourth-order valence-corrected chi connectivity index (χ4v) is 2.39. The standard InChI is InChI=1S/C9H9BrN4S/c1-2-7-13-6(10)5-8(14-7)15-9-11-3-4-12-9/h3-5H,2H2,1H3,(H,11,12). The number of hydrogen-bond acceptors (Lipinski definition) is 4. The van der Waals surface area contributed by atoms with Gasteiger partial charge in [0, 0.05) is 24.9 Å². The molecule has 0 radical (unpaired) electrons. The Morgan fingerprint density at radius 2 is 2.33 bits per heavy atom. The number of aromatic amines is 1. The van der Waals surface area contributed by atoms with E-state index in [1.807, 2.05) is 13.0 Å². The van der Waals surface area contributed by atoms with E-state index >= 15 is 0 Å². The predicted molar refractivity (Wildman–Crippen MR) is 61.8 cm³/mol. The number of hydrogen-bond donors (Lipinski definition) is 1. The first-order valence-corrected chi connectivity index (χ1v) is 6.09. The maximum absolute atomic E-state index is 4.39. The van der Waals surface area contributed by atoms with Gasteiger partial charge in [0.2, 0.25) is 0 Å². The third-order valence-corrected chi connectivity index (χ3v) is 2.95. The van der Waals surface area contributed by atoms with E-state index in [2.05, 4.69) is 35.9 Å². The van der Waals surface area contributed by atoms with Crippen LogP contribution in [0.4, 0.5) is 0 Å². The smallest absolute Gasteiger partial charge is 0.171 e. The van der Waals surface area contributed by atoms with Crippen LogP contribution in [-0.2, 0) is 6.42 Å². The van der Waals surface area contributed by atoms with Gasteiger partial charge in [0.05, 0.1) is 0 Å². The Labute approximate surface area is 100 Å². The maximum Gasteiger partial charge on any atom is 0.171 e. The van der Waals surface area contributed by atoms with Crippen LogP contribution in [0.5, 0.6) is 0 Å². The minimum absolute atomic E-state index is 0.809. The van der Waals surface area contributed by atoms with Gasteiger partial charge in [-0.25, -0.2) is 15.0 Å². The molecule has 15 heavy (non-hydrogen) atoms. The van der Waals surface area contributed by atoms with Crippen LogP contribution < -0.4 is 0 Å². The molecular weight excluding hydrogens is 276 g/mol. The van der Waals surface area contributed by atoms with Crippen molar-refractivity contribution in [3.05, 3.63) is 28.9 Å². The topological polar surface area (TPSA) is 54.5 Å². The highest BCUT2D eigenvalue weighted by Gasteiger charge is 2.04. The van der Waals surface area contributed by atoms with Gasteiger partial charge < -0.3 is 4.98 Å². The lowest BCUT2D eigenvalue weighted by molar-refractivity contribution is 0.874. The summed E-state index contributed by atoms with van der Waals surface area (Å²) in [6, 6.07) is 1.88. The van der Waals surface area contributed by atoms with Gasteiger partial charge in [0.25, 0.3) is 0 Å². The van der Waals surface area contributed by atoms with Gasteiger partial charge in [0.1, 0.15) is 15.5 Å². The average Bonchev–Trinajstić information content (AvgIpc) is 2.69. The summed E-state index contributed by atoms with van der Waals surface area (Å²) in [5, 5.41) is 1.73. The lowest BCUT2D eigenvalue weighted by Crippen LogP contribution is -1.94. The van der Waals surface area contributed by atoms with Crippen LogP contribution >= 0.6 is 27.7 Å². The molecule has 0 atom stereocenters. The molecular formula is C9H9BrN4S. The van der Waals surface area contributed by atoms with Crippen LogP contribution in [0.1, 0.15) is 12.7 Å². The van der Waals surface area contributed by atoms with Crippen molar-refractivity contribution in [1.82, 2.24) is 19.9 Å². The molecule has 0 fully saturated rings. The molecule has 2 aromatic heterocycles. The largest absolute Gasteiger partial charge is 0.339 e. The van der Waals surface area contributed by atoms with Crippen LogP contribution in [0.2, 0.25) is 0 Å². The first-order valence-electron chi connectivity index (χ1n) is 4.48. The maximum atomic E-state index is 4.39. The molecule has 4 nitrogen and oxygen atoms in total. The van der Waals surface area contributed by atoms with E-state index in [9.17, 15) is 0 Å². The molecule has 0 aliphatic carbocycles. The second-order valence-corrected chi connectivity index (χ2v) is 4.62. The lowest BCUT2D eigenvalue weighted by atomic mass is 10.4. The van der Waals surface area contributed by atoms with E-state index in [1.165, 1.54) is 11.8 Å². The Morgan fingerprint density at radius 3 is 3.00 bits per heavy atom. The summed E-state index contributed by atoms with van der Waals surface area (Å²) in [5.41, 5.74) is 0. The highest BCUT2D eigenvalue weighted by atomic mass is 79.9. The zero-order valence-electron chi connectivity index (χ0n) is 8.07. The first-order chi connectivity index (χ1) is 7.28. The van der Waals surface area contributed by atoms with Crippen molar-refractivity contribution in [3.8, 4) is 0 Å². The minimum atomic E-state index is 0.809. The number of nitrogens with zero attached hydrogens (tertiary/aromatic N) is 3. The molecule has 1 N–H and O–H groups in total. The van der Waals surface area contributed by atoms with Crippen molar-refractivity contribution in [2.75, 3.05) is 0 Å². The molecule has 2 heterocycles. The number of aryl methyl sites for hydroxylation is 1. The molecule has 78 valence electrons. The molecule has 0 unspecified atom stereocenters. The van der Waals surface area contributed by atoms with Crippen LogP contribution in [0.15, 0.2) is 33.2 Å². The summed E-state index contributed by atoms with van der Waals surface area (Å²) in [5.74, 6) is 0.832. The van der Waals surface area contributed by atoms with Crippen LogP contribution in [0, 0.1) is 0 Å². The van der Waals surface area contributed by atoms with Crippen molar-refractivity contribution in [2.45, 2.75) is 23.5 Å². The van der Waals surface area contributed by atoms with E-state index in [4.69, 9.17) is 0 Å². The van der Waals surface area contributed by atoms with E-state index in [0.717, 1.165) is 27.0 Å². The molecule has 0 spiro atoms. The second-order valence-electron chi connectivity index (χ2n) is 2.80. The zero-order chi connectivity index (χ0) is 10.7. The Kier molecular flexibility index (Phi) is 3.37. The summed E-state index contributed by atoms with van der Waals surface area (Å²) < 4.78 is 0.809. The molecule has 0 saturated carbocycles. The molecule has 6 heteroatoms. The van der Waals surface area contributed by atoms with Gasteiger partial charge in [-0.3, -0.25) is 0 Å². The summed E-state index contributed by atoms with van der Waals surface area (Å²) in [7, 11) is 0. The lowest BCUT2D eigenvalue weighted by Gasteiger charge is -2.01. The molecule has 0 amide bonds.